The van der Waals surface area contributed by atoms with Gasteiger partial charge in [0, 0.05) is 37.6 Å². The number of aromatic amines is 1. The Bertz CT molecular complexity index is 857. The molecule has 0 bridgehead atoms. The molecule has 0 aliphatic heterocycles. The predicted octanol–water partition coefficient (Wildman–Crippen LogP) is 1.51. The second-order valence-corrected chi connectivity index (χ2v) is 6.04. The van der Waals surface area contributed by atoms with E-state index in [-0.39, 0.29) is 17.0 Å². The van der Waals surface area contributed by atoms with Gasteiger partial charge in [-0.25, -0.2) is 4.98 Å². The molecule has 0 aliphatic carbocycles. The van der Waals surface area contributed by atoms with Crippen molar-refractivity contribution in [2.24, 2.45) is 0 Å². The minimum absolute atomic E-state index is 0.0362. The predicted molar refractivity (Wildman–Crippen MR) is 94.2 cm³/mol. The van der Waals surface area contributed by atoms with E-state index in [0.29, 0.717) is 30.6 Å². The molecule has 0 radical (unpaired) electrons. The Labute approximate surface area is 146 Å². The molecule has 0 atom stereocenters. The normalized spacial score (nSPS) is 10.5. The monoisotopic (exact) mass is 341 g/mol. The first-order valence-corrected chi connectivity index (χ1v) is 8.31. The molecule has 2 heterocycles. The van der Waals surface area contributed by atoms with Gasteiger partial charge in [-0.15, -0.1) is 0 Å². The minimum atomic E-state index is -0.375. The van der Waals surface area contributed by atoms with Crippen LogP contribution < -0.4 is 10.9 Å². The quantitative estimate of drug-likeness (QED) is 0.745. The number of carbonyl (C=O) groups excluding carboxylic acids is 1. The summed E-state index contributed by atoms with van der Waals surface area (Å²) in [6.07, 6.45) is 5.33. The topological polar surface area (TPSA) is 104 Å². The average Bonchev–Trinajstić information content (AvgIpc) is 2.96. The van der Waals surface area contributed by atoms with Crippen molar-refractivity contribution in [1.82, 2.24) is 19.9 Å². The summed E-state index contributed by atoms with van der Waals surface area (Å²) in [6, 6.07) is 1.93. The number of hydrogen-bond donors (Lipinski definition) is 2. The summed E-state index contributed by atoms with van der Waals surface area (Å²) in [5.74, 6) is 0.925. The summed E-state index contributed by atoms with van der Waals surface area (Å²) in [5.41, 5.74) is 1.98. The van der Waals surface area contributed by atoms with Gasteiger partial charge in [-0.1, -0.05) is 0 Å². The molecule has 2 aromatic rings. The van der Waals surface area contributed by atoms with Crippen molar-refractivity contribution in [3.8, 4) is 6.07 Å². The van der Waals surface area contributed by atoms with E-state index >= 15 is 0 Å². The van der Waals surface area contributed by atoms with Crippen LogP contribution in [0.15, 0.2) is 17.2 Å². The average molecular weight is 341 g/mol. The van der Waals surface area contributed by atoms with Crippen LogP contribution in [0.4, 0.5) is 0 Å². The number of H-pyrrole nitrogens is 1. The standard InChI is InChI=1S/C18H23N5O2/c1-12-15(13(2)22-18(25)16(12)11-19)5-6-17(24)21-7-4-9-23-10-8-20-14(23)3/h8,10H,4-7,9H2,1-3H3,(H,21,24)(H,22,25). The molecule has 0 saturated carbocycles. The fourth-order valence-electron chi connectivity index (χ4n) is 2.86. The molecule has 0 unspecified atom stereocenters. The van der Waals surface area contributed by atoms with Crippen LogP contribution in [0.2, 0.25) is 0 Å². The second kappa shape index (κ2) is 8.29. The Balaban J connectivity index is 1.83. The highest BCUT2D eigenvalue weighted by atomic mass is 16.1. The molecule has 2 aromatic heterocycles. The van der Waals surface area contributed by atoms with Gasteiger partial charge >= 0.3 is 0 Å². The Morgan fingerprint density at radius 1 is 1.40 bits per heavy atom. The van der Waals surface area contributed by atoms with E-state index in [2.05, 4.69) is 15.3 Å². The summed E-state index contributed by atoms with van der Waals surface area (Å²) in [4.78, 5) is 30.6. The van der Waals surface area contributed by atoms with E-state index in [1.54, 1.807) is 20.0 Å². The molecule has 0 spiro atoms. The highest BCUT2D eigenvalue weighted by molar-refractivity contribution is 5.76. The van der Waals surface area contributed by atoms with Crippen LogP contribution in [0.5, 0.6) is 0 Å². The summed E-state index contributed by atoms with van der Waals surface area (Å²) < 4.78 is 2.04. The number of amides is 1. The van der Waals surface area contributed by atoms with Crippen LogP contribution in [0, 0.1) is 32.1 Å². The number of pyridine rings is 1. The molecule has 7 nitrogen and oxygen atoms in total. The number of carbonyl (C=O) groups is 1. The van der Waals surface area contributed by atoms with Crippen molar-refractivity contribution >= 4 is 5.91 Å². The number of aromatic nitrogens is 3. The maximum Gasteiger partial charge on any atom is 0.266 e. The van der Waals surface area contributed by atoms with Gasteiger partial charge in [-0.2, -0.15) is 5.26 Å². The van der Waals surface area contributed by atoms with Gasteiger partial charge in [-0.3, -0.25) is 9.59 Å². The highest BCUT2D eigenvalue weighted by Crippen LogP contribution is 2.14. The Morgan fingerprint density at radius 2 is 2.16 bits per heavy atom. The van der Waals surface area contributed by atoms with Gasteiger partial charge in [0.25, 0.3) is 5.56 Å². The molecule has 0 saturated heterocycles. The largest absolute Gasteiger partial charge is 0.356 e. The summed E-state index contributed by atoms with van der Waals surface area (Å²) in [5, 5.41) is 12.0. The fraction of sp³-hybridized carbons (Fsp3) is 0.444. The number of nitrogens with one attached hydrogen (secondary N) is 2. The SMILES string of the molecule is Cc1[nH]c(=O)c(C#N)c(C)c1CCC(=O)NCCCn1ccnc1C. The van der Waals surface area contributed by atoms with Crippen molar-refractivity contribution in [1.29, 1.82) is 5.26 Å². The zero-order chi connectivity index (χ0) is 18.4. The fourth-order valence-corrected chi connectivity index (χ4v) is 2.86. The zero-order valence-corrected chi connectivity index (χ0v) is 14.8. The van der Waals surface area contributed by atoms with Gasteiger partial charge in [0.1, 0.15) is 17.5 Å². The van der Waals surface area contributed by atoms with E-state index in [4.69, 9.17) is 5.26 Å². The first-order chi connectivity index (χ1) is 11.9. The summed E-state index contributed by atoms with van der Waals surface area (Å²) >= 11 is 0. The molecule has 7 heteroatoms. The lowest BCUT2D eigenvalue weighted by molar-refractivity contribution is -0.121. The van der Waals surface area contributed by atoms with Crippen molar-refractivity contribution in [3.63, 3.8) is 0 Å². The van der Waals surface area contributed by atoms with E-state index in [0.717, 1.165) is 24.4 Å². The molecular formula is C18H23N5O2. The number of rotatable bonds is 7. The molecule has 132 valence electrons. The molecule has 2 N–H and O–H groups in total. The van der Waals surface area contributed by atoms with Crippen LogP contribution in [0.1, 0.15) is 41.1 Å². The second-order valence-electron chi connectivity index (χ2n) is 6.04. The van der Waals surface area contributed by atoms with E-state index in [9.17, 15) is 9.59 Å². The molecular weight excluding hydrogens is 318 g/mol. The maximum absolute atomic E-state index is 12.0. The van der Waals surface area contributed by atoms with Crippen molar-refractivity contribution in [3.05, 3.63) is 51.0 Å². The van der Waals surface area contributed by atoms with Gasteiger partial charge in [-0.05, 0) is 44.7 Å². The third-order valence-electron chi connectivity index (χ3n) is 4.34. The molecule has 0 aromatic carbocycles. The van der Waals surface area contributed by atoms with Gasteiger partial charge < -0.3 is 14.9 Å². The smallest absolute Gasteiger partial charge is 0.266 e. The molecule has 2 rings (SSSR count). The Kier molecular flexibility index (Phi) is 6.12. The van der Waals surface area contributed by atoms with Crippen LogP contribution in [0.3, 0.4) is 0 Å². The summed E-state index contributed by atoms with van der Waals surface area (Å²) in [6.45, 7) is 6.90. The van der Waals surface area contributed by atoms with Gasteiger partial charge in [0.05, 0.1) is 0 Å². The molecule has 25 heavy (non-hydrogen) atoms. The van der Waals surface area contributed by atoms with E-state index in [1.807, 2.05) is 23.8 Å². The van der Waals surface area contributed by atoms with Crippen LogP contribution in [-0.4, -0.2) is 27.0 Å². The third-order valence-corrected chi connectivity index (χ3v) is 4.34. The maximum atomic E-state index is 12.0. The lowest BCUT2D eigenvalue weighted by atomic mass is 9.99. The van der Waals surface area contributed by atoms with Crippen LogP contribution >= 0.6 is 0 Å². The third kappa shape index (κ3) is 4.57. The van der Waals surface area contributed by atoms with Crippen LogP contribution in [-0.2, 0) is 17.8 Å². The first-order valence-electron chi connectivity index (χ1n) is 8.31. The number of nitriles is 1. The van der Waals surface area contributed by atoms with E-state index in [1.165, 1.54) is 0 Å². The molecule has 0 aliphatic rings. The first kappa shape index (κ1) is 18.5. The van der Waals surface area contributed by atoms with Crippen molar-refractivity contribution in [2.45, 2.75) is 46.6 Å². The summed E-state index contributed by atoms with van der Waals surface area (Å²) in [7, 11) is 0. The minimum Gasteiger partial charge on any atom is -0.356 e. The number of hydrogen-bond acceptors (Lipinski definition) is 4. The van der Waals surface area contributed by atoms with Crippen LogP contribution in [0.25, 0.3) is 0 Å². The van der Waals surface area contributed by atoms with Gasteiger partial charge in [0.2, 0.25) is 5.91 Å². The number of nitrogens with zero attached hydrogens (tertiary/aromatic N) is 3. The van der Waals surface area contributed by atoms with E-state index < -0.39 is 0 Å². The van der Waals surface area contributed by atoms with Gasteiger partial charge in [0.15, 0.2) is 0 Å². The lowest BCUT2D eigenvalue weighted by Crippen LogP contribution is -2.26. The number of aryl methyl sites for hydroxylation is 3. The highest BCUT2D eigenvalue weighted by Gasteiger charge is 2.13. The Hall–Kier alpha value is -2.88. The Morgan fingerprint density at radius 3 is 2.80 bits per heavy atom. The lowest BCUT2D eigenvalue weighted by Gasteiger charge is -2.11. The molecule has 1 amide bonds. The molecule has 0 fully saturated rings. The van der Waals surface area contributed by atoms with Crippen molar-refractivity contribution < 1.29 is 4.79 Å². The zero-order valence-electron chi connectivity index (χ0n) is 14.8. The number of imidazole rings is 1. The van der Waals surface area contributed by atoms with Crippen molar-refractivity contribution in [2.75, 3.05) is 6.54 Å².